The quantitative estimate of drug-likeness (QED) is 0.726. The third-order valence-corrected chi connectivity index (χ3v) is 4.67. The predicted octanol–water partition coefficient (Wildman–Crippen LogP) is 4.02. The van der Waals surface area contributed by atoms with E-state index in [0.717, 1.165) is 30.6 Å². The van der Waals surface area contributed by atoms with E-state index < -0.39 is 0 Å². The molecule has 2 aromatic heterocycles. The highest BCUT2D eigenvalue weighted by atomic mass is 16.5. The van der Waals surface area contributed by atoms with Gasteiger partial charge in [-0.25, -0.2) is 0 Å². The van der Waals surface area contributed by atoms with Crippen LogP contribution in [0.3, 0.4) is 0 Å². The number of carbonyl (C=O) groups is 1. The summed E-state index contributed by atoms with van der Waals surface area (Å²) in [5.74, 6) is 0.515. The van der Waals surface area contributed by atoms with Crippen LogP contribution in [0.2, 0.25) is 0 Å². The van der Waals surface area contributed by atoms with E-state index in [9.17, 15) is 4.79 Å². The molecule has 0 saturated carbocycles. The monoisotopic (exact) mass is 333 g/mol. The Balaban J connectivity index is 1.71. The van der Waals surface area contributed by atoms with E-state index in [1.165, 1.54) is 0 Å². The number of pyridine rings is 1. The standard InChI is InChI=1S/C20H19N3O2/c1-14-18(19(22-25-14)15-8-3-2-4-9-15)20(24)23-13-7-11-17(23)16-10-5-6-12-21-16/h2-6,8-10,12,17H,7,11,13H2,1H3/t17-/m1/s1. The van der Waals surface area contributed by atoms with E-state index >= 15 is 0 Å². The number of aromatic nitrogens is 2. The van der Waals surface area contributed by atoms with Crippen LogP contribution in [0.5, 0.6) is 0 Å². The zero-order chi connectivity index (χ0) is 17.2. The summed E-state index contributed by atoms with van der Waals surface area (Å²) in [6.07, 6.45) is 3.67. The van der Waals surface area contributed by atoms with Gasteiger partial charge in [0.15, 0.2) is 0 Å². The normalized spacial score (nSPS) is 17.0. The number of nitrogens with zero attached hydrogens (tertiary/aromatic N) is 3. The number of likely N-dealkylation sites (tertiary alicyclic amines) is 1. The Morgan fingerprint density at radius 1 is 1.16 bits per heavy atom. The fourth-order valence-electron chi connectivity index (χ4n) is 3.45. The zero-order valence-corrected chi connectivity index (χ0v) is 14.1. The van der Waals surface area contributed by atoms with Gasteiger partial charge in [0, 0.05) is 18.3 Å². The lowest BCUT2D eigenvalue weighted by molar-refractivity contribution is 0.0732. The van der Waals surface area contributed by atoms with Crippen LogP contribution >= 0.6 is 0 Å². The Hall–Kier alpha value is -2.95. The largest absolute Gasteiger partial charge is 0.360 e. The Labute approximate surface area is 146 Å². The minimum absolute atomic E-state index is 0.00613. The highest BCUT2D eigenvalue weighted by Gasteiger charge is 2.34. The molecule has 5 nitrogen and oxygen atoms in total. The van der Waals surface area contributed by atoms with Gasteiger partial charge in [-0.2, -0.15) is 0 Å². The van der Waals surface area contributed by atoms with E-state index in [4.69, 9.17) is 4.52 Å². The molecule has 5 heteroatoms. The van der Waals surface area contributed by atoms with E-state index in [0.29, 0.717) is 17.0 Å². The van der Waals surface area contributed by atoms with Gasteiger partial charge in [0.1, 0.15) is 17.0 Å². The van der Waals surface area contributed by atoms with Crippen LogP contribution < -0.4 is 0 Å². The first-order valence-electron chi connectivity index (χ1n) is 8.49. The SMILES string of the molecule is Cc1onc(-c2ccccc2)c1C(=O)N1CCC[C@@H]1c1ccccn1. The smallest absolute Gasteiger partial charge is 0.260 e. The third-order valence-electron chi connectivity index (χ3n) is 4.67. The van der Waals surface area contributed by atoms with Crippen molar-refractivity contribution in [3.63, 3.8) is 0 Å². The van der Waals surface area contributed by atoms with Crippen LogP contribution in [0.25, 0.3) is 11.3 Å². The van der Waals surface area contributed by atoms with Gasteiger partial charge >= 0.3 is 0 Å². The van der Waals surface area contributed by atoms with Crippen molar-refractivity contribution in [3.05, 3.63) is 71.7 Å². The average molecular weight is 333 g/mol. The van der Waals surface area contributed by atoms with Crippen molar-refractivity contribution in [2.45, 2.75) is 25.8 Å². The van der Waals surface area contributed by atoms with Crippen LogP contribution in [0, 0.1) is 6.92 Å². The minimum Gasteiger partial charge on any atom is -0.360 e. The predicted molar refractivity (Wildman–Crippen MR) is 93.9 cm³/mol. The van der Waals surface area contributed by atoms with Crippen LogP contribution in [0.15, 0.2) is 59.3 Å². The molecule has 0 radical (unpaired) electrons. The topological polar surface area (TPSA) is 59.2 Å². The molecule has 25 heavy (non-hydrogen) atoms. The highest BCUT2D eigenvalue weighted by Crippen LogP contribution is 2.34. The van der Waals surface area contributed by atoms with Crippen LogP contribution in [-0.4, -0.2) is 27.5 Å². The van der Waals surface area contributed by atoms with E-state index in [2.05, 4.69) is 10.1 Å². The molecular weight excluding hydrogens is 314 g/mol. The van der Waals surface area contributed by atoms with Crippen LogP contribution in [0.1, 0.15) is 40.7 Å². The molecule has 1 amide bonds. The average Bonchev–Trinajstić information content (AvgIpc) is 3.29. The summed E-state index contributed by atoms with van der Waals surface area (Å²) in [5.41, 5.74) is 2.98. The molecule has 1 aromatic carbocycles. The van der Waals surface area contributed by atoms with Gasteiger partial charge in [-0.1, -0.05) is 41.6 Å². The highest BCUT2D eigenvalue weighted by molar-refractivity contribution is 6.01. The maximum absolute atomic E-state index is 13.3. The van der Waals surface area contributed by atoms with Crippen molar-refractivity contribution in [3.8, 4) is 11.3 Å². The fraction of sp³-hybridized carbons (Fsp3) is 0.250. The summed E-state index contributed by atoms with van der Waals surface area (Å²) in [7, 11) is 0. The molecule has 4 rings (SSSR count). The Morgan fingerprint density at radius 2 is 1.96 bits per heavy atom. The lowest BCUT2D eigenvalue weighted by Crippen LogP contribution is -2.31. The molecule has 0 bridgehead atoms. The molecule has 126 valence electrons. The third kappa shape index (κ3) is 2.82. The summed E-state index contributed by atoms with van der Waals surface area (Å²) in [6.45, 7) is 2.51. The molecule has 0 N–H and O–H groups in total. The summed E-state index contributed by atoms with van der Waals surface area (Å²) >= 11 is 0. The molecule has 0 spiro atoms. The van der Waals surface area contributed by atoms with Gasteiger partial charge in [0.25, 0.3) is 5.91 Å². The number of aryl methyl sites for hydroxylation is 1. The number of hydrogen-bond donors (Lipinski definition) is 0. The number of rotatable bonds is 3. The number of amides is 1. The van der Waals surface area contributed by atoms with Crippen LogP contribution in [-0.2, 0) is 0 Å². The lowest BCUT2D eigenvalue weighted by atomic mass is 10.0. The Bertz CT molecular complexity index is 874. The van der Waals surface area contributed by atoms with E-state index in [1.54, 1.807) is 13.1 Å². The fourth-order valence-corrected chi connectivity index (χ4v) is 3.45. The van der Waals surface area contributed by atoms with Crippen molar-refractivity contribution in [2.75, 3.05) is 6.54 Å². The molecule has 3 heterocycles. The zero-order valence-electron chi connectivity index (χ0n) is 14.1. The Kier molecular flexibility index (Phi) is 4.06. The number of benzene rings is 1. The van der Waals surface area contributed by atoms with Gasteiger partial charge in [-0.15, -0.1) is 0 Å². The minimum atomic E-state index is -0.0363. The summed E-state index contributed by atoms with van der Waals surface area (Å²) in [5, 5.41) is 4.14. The van der Waals surface area contributed by atoms with Crippen LogP contribution in [0.4, 0.5) is 0 Å². The first kappa shape index (κ1) is 15.6. The Morgan fingerprint density at radius 3 is 2.72 bits per heavy atom. The summed E-state index contributed by atoms with van der Waals surface area (Å²) in [4.78, 5) is 19.6. The molecule has 1 fully saturated rings. The van der Waals surface area contributed by atoms with Crippen molar-refractivity contribution in [1.82, 2.24) is 15.0 Å². The number of hydrogen-bond acceptors (Lipinski definition) is 4. The van der Waals surface area contributed by atoms with Crippen molar-refractivity contribution in [2.24, 2.45) is 0 Å². The maximum Gasteiger partial charge on any atom is 0.260 e. The molecule has 1 aliphatic heterocycles. The van der Waals surface area contributed by atoms with Gasteiger partial charge < -0.3 is 9.42 Å². The molecule has 0 unspecified atom stereocenters. The number of carbonyl (C=O) groups excluding carboxylic acids is 1. The van der Waals surface area contributed by atoms with Gasteiger partial charge in [-0.05, 0) is 31.9 Å². The lowest BCUT2D eigenvalue weighted by Gasteiger charge is -2.24. The molecule has 1 saturated heterocycles. The second-order valence-electron chi connectivity index (χ2n) is 6.24. The van der Waals surface area contributed by atoms with Gasteiger partial charge in [0.2, 0.25) is 0 Å². The first-order chi connectivity index (χ1) is 12.3. The van der Waals surface area contributed by atoms with Gasteiger partial charge in [0.05, 0.1) is 11.7 Å². The molecule has 1 atom stereocenters. The van der Waals surface area contributed by atoms with Crippen molar-refractivity contribution >= 4 is 5.91 Å². The van der Waals surface area contributed by atoms with E-state index in [-0.39, 0.29) is 11.9 Å². The summed E-state index contributed by atoms with van der Waals surface area (Å²) in [6, 6.07) is 15.5. The second kappa shape index (κ2) is 6.51. The molecule has 3 aromatic rings. The first-order valence-corrected chi connectivity index (χ1v) is 8.49. The van der Waals surface area contributed by atoms with Crippen molar-refractivity contribution < 1.29 is 9.32 Å². The molecule has 0 aliphatic carbocycles. The molecular formula is C20H19N3O2. The van der Waals surface area contributed by atoms with E-state index in [1.807, 2.05) is 53.4 Å². The second-order valence-corrected chi connectivity index (χ2v) is 6.24. The summed E-state index contributed by atoms with van der Waals surface area (Å²) < 4.78 is 5.36. The van der Waals surface area contributed by atoms with Gasteiger partial charge in [-0.3, -0.25) is 9.78 Å². The molecule has 1 aliphatic rings. The van der Waals surface area contributed by atoms with Crippen molar-refractivity contribution in [1.29, 1.82) is 0 Å². The maximum atomic E-state index is 13.3.